The third-order valence-corrected chi connectivity index (χ3v) is 11.1. The van der Waals surface area contributed by atoms with Gasteiger partial charge in [-0.05, 0) is 126 Å². The van der Waals surface area contributed by atoms with Crippen molar-refractivity contribution < 1.29 is 4.42 Å². The number of aromatic nitrogens is 1. The van der Waals surface area contributed by atoms with Gasteiger partial charge in [0, 0.05) is 61.4 Å². The second-order valence-corrected chi connectivity index (χ2v) is 14.6. The van der Waals surface area contributed by atoms with E-state index in [1.165, 1.54) is 27.4 Å². The summed E-state index contributed by atoms with van der Waals surface area (Å²) in [4.78, 5) is 4.63. The van der Waals surface area contributed by atoms with Crippen LogP contribution in [0, 0.1) is 0 Å². The summed E-state index contributed by atoms with van der Waals surface area (Å²) < 4.78 is 8.85. The molecule has 2 heterocycles. The predicted molar refractivity (Wildman–Crippen MR) is 243 cm³/mol. The third kappa shape index (κ3) is 5.78. The van der Waals surface area contributed by atoms with E-state index in [1.807, 2.05) is 0 Å². The summed E-state index contributed by atoms with van der Waals surface area (Å²) >= 11 is 0. The first kappa shape index (κ1) is 33.5. The van der Waals surface area contributed by atoms with Gasteiger partial charge in [0.05, 0.1) is 11.0 Å². The zero-order chi connectivity index (χ0) is 38.4. The highest BCUT2D eigenvalue weighted by Crippen LogP contribution is 2.43. The van der Waals surface area contributed by atoms with Crippen molar-refractivity contribution in [2.24, 2.45) is 0 Å². The molecule has 0 atom stereocenters. The topological polar surface area (TPSA) is 24.6 Å². The number of fused-ring (bicyclic) bond motifs is 6. The lowest BCUT2D eigenvalue weighted by molar-refractivity contribution is 0.669. The van der Waals surface area contributed by atoms with Crippen molar-refractivity contribution in [2.45, 2.75) is 0 Å². The van der Waals surface area contributed by atoms with Gasteiger partial charge in [-0.25, -0.2) is 0 Å². The summed E-state index contributed by atoms with van der Waals surface area (Å²) in [6, 6.07) is 79.7. The van der Waals surface area contributed by atoms with Crippen LogP contribution >= 0.6 is 0 Å². The summed E-state index contributed by atoms with van der Waals surface area (Å²) in [5.41, 5.74) is 14.0. The second-order valence-electron chi connectivity index (χ2n) is 14.6. The maximum Gasteiger partial charge on any atom is 0.135 e. The minimum absolute atomic E-state index is 0.860. The molecule has 0 aliphatic carbocycles. The van der Waals surface area contributed by atoms with Crippen LogP contribution in [0.3, 0.4) is 0 Å². The third-order valence-electron chi connectivity index (χ3n) is 11.1. The van der Waals surface area contributed by atoms with Crippen molar-refractivity contribution in [2.75, 3.05) is 9.80 Å². The largest absolute Gasteiger partial charge is 0.456 e. The van der Waals surface area contributed by atoms with Crippen LogP contribution in [-0.2, 0) is 0 Å². The molecule has 4 heteroatoms. The number of anilines is 6. The Hall–Kier alpha value is -7.82. The lowest BCUT2D eigenvalue weighted by Gasteiger charge is -2.29. The number of hydrogen-bond acceptors (Lipinski definition) is 3. The molecule has 0 saturated heterocycles. The van der Waals surface area contributed by atoms with E-state index in [4.69, 9.17) is 4.42 Å². The van der Waals surface area contributed by atoms with Gasteiger partial charge < -0.3 is 18.8 Å². The van der Waals surface area contributed by atoms with Gasteiger partial charge in [-0.3, -0.25) is 0 Å². The van der Waals surface area contributed by atoms with Crippen molar-refractivity contribution in [3.05, 3.63) is 224 Å². The number of nitrogens with zero attached hydrogens (tertiary/aromatic N) is 3. The number of benzene rings is 9. The first-order valence-electron chi connectivity index (χ1n) is 19.7. The van der Waals surface area contributed by atoms with Crippen LogP contribution < -0.4 is 9.80 Å². The Morgan fingerprint density at radius 1 is 0.293 bits per heavy atom. The summed E-state index contributed by atoms with van der Waals surface area (Å²) in [6.45, 7) is 0. The molecule has 11 aromatic rings. The predicted octanol–water partition coefficient (Wildman–Crippen LogP) is 15.3. The molecule has 0 spiro atoms. The standard InChI is InChI=1S/C54H37N3O/c1-5-16-40(17-6-1)55(41-18-7-2-8-19-41)44-24-15-25-45(36-44)56(42-20-9-3-10-21-42)46-30-33-54-50(37-46)49-35-39(29-32-53(49)58-54)38-28-31-52-48(34-38)47-26-13-14-27-51(47)57(52)43-22-11-4-12-23-43/h1-37H. The first-order valence-corrected chi connectivity index (χ1v) is 19.7. The SMILES string of the molecule is c1ccc(N(c2ccccc2)c2cccc(N(c3ccccc3)c3ccc4oc5ccc(-c6ccc7c(c6)c6ccccc6n7-c6ccccc6)cc5c4c3)c2)cc1. The molecule has 9 aromatic carbocycles. The van der Waals surface area contributed by atoms with Gasteiger partial charge in [-0.2, -0.15) is 0 Å². The minimum Gasteiger partial charge on any atom is -0.456 e. The molecule has 0 radical (unpaired) electrons. The highest BCUT2D eigenvalue weighted by molar-refractivity contribution is 6.11. The summed E-state index contributed by atoms with van der Waals surface area (Å²) in [5.74, 6) is 0. The van der Waals surface area contributed by atoms with Gasteiger partial charge in [0.25, 0.3) is 0 Å². The maximum absolute atomic E-state index is 6.49. The van der Waals surface area contributed by atoms with Gasteiger partial charge in [-0.1, -0.05) is 109 Å². The molecule has 0 unspecified atom stereocenters. The van der Waals surface area contributed by atoms with E-state index < -0.39 is 0 Å². The van der Waals surface area contributed by atoms with Crippen LogP contribution in [0.2, 0.25) is 0 Å². The fourth-order valence-corrected chi connectivity index (χ4v) is 8.49. The van der Waals surface area contributed by atoms with E-state index in [1.54, 1.807) is 0 Å². The van der Waals surface area contributed by atoms with Crippen LogP contribution in [0.15, 0.2) is 229 Å². The molecule has 274 valence electrons. The second kappa shape index (κ2) is 14.0. The van der Waals surface area contributed by atoms with E-state index >= 15 is 0 Å². The molecular formula is C54H37N3O. The van der Waals surface area contributed by atoms with Crippen LogP contribution in [0.5, 0.6) is 0 Å². The highest BCUT2D eigenvalue weighted by Gasteiger charge is 2.19. The summed E-state index contributed by atoms with van der Waals surface area (Å²) in [6.07, 6.45) is 0. The molecule has 11 rings (SSSR count). The van der Waals surface area contributed by atoms with Gasteiger partial charge in [-0.15, -0.1) is 0 Å². The fraction of sp³-hybridized carbons (Fsp3) is 0. The minimum atomic E-state index is 0.860. The zero-order valence-corrected chi connectivity index (χ0v) is 31.6. The Bertz CT molecular complexity index is 3190. The fourth-order valence-electron chi connectivity index (χ4n) is 8.49. The molecule has 0 bridgehead atoms. The van der Waals surface area contributed by atoms with E-state index in [-0.39, 0.29) is 0 Å². The number of para-hydroxylation sites is 5. The average molecular weight is 744 g/mol. The van der Waals surface area contributed by atoms with Crippen LogP contribution in [0.1, 0.15) is 0 Å². The smallest absolute Gasteiger partial charge is 0.135 e. The molecule has 0 saturated carbocycles. The Morgan fingerprint density at radius 2 is 0.741 bits per heavy atom. The Morgan fingerprint density at radius 3 is 1.38 bits per heavy atom. The molecule has 0 amide bonds. The van der Waals surface area contributed by atoms with E-state index in [0.29, 0.717) is 0 Å². The lowest BCUT2D eigenvalue weighted by Crippen LogP contribution is -2.13. The zero-order valence-electron chi connectivity index (χ0n) is 31.6. The number of rotatable bonds is 8. The van der Waals surface area contributed by atoms with E-state index in [2.05, 4.69) is 239 Å². The quantitative estimate of drug-likeness (QED) is 0.155. The van der Waals surface area contributed by atoms with E-state index in [0.717, 1.165) is 67.3 Å². The molecule has 0 N–H and O–H groups in total. The van der Waals surface area contributed by atoms with Crippen LogP contribution in [0.25, 0.3) is 60.6 Å². The first-order chi connectivity index (χ1) is 28.8. The highest BCUT2D eigenvalue weighted by atomic mass is 16.3. The lowest BCUT2D eigenvalue weighted by atomic mass is 10.0. The molecule has 2 aromatic heterocycles. The van der Waals surface area contributed by atoms with Gasteiger partial charge in [0.15, 0.2) is 0 Å². The monoisotopic (exact) mass is 743 g/mol. The summed E-state index contributed by atoms with van der Waals surface area (Å²) in [7, 11) is 0. The Kier molecular flexibility index (Phi) is 8.11. The maximum atomic E-state index is 6.49. The van der Waals surface area contributed by atoms with Crippen molar-refractivity contribution in [1.82, 2.24) is 4.57 Å². The van der Waals surface area contributed by atoms with Crippen LogP contribution in [0.4, 0.5) is 34.1 Å². The molecule has 0 fully saturated rings. The van der Waals surface area contributed by atoms with Crippen molar-refractivity contribution in [1.29, 1.82) is 0 Å². The molecule has 0 aliphatic rings. The van der Waals surface area contributed by atoms with Crippen LogP contribution in [-0.4, -0.2) is 4.57 Å². The van der Waals surface area contributed by atoms with Crippen molar-refractivity contribution in [3.63, 3.8) is 0 Å². The summed E-state index contributed by atoms with van der Waals surface area (Å²) in [5, 5.41) is 4.63. The average Bonchev–Trinajstić information content (AvgIpc) is 3.83. The van der Waals surface area contributed by atoms with Crippen molar-refractivity contribution in [3.8, 4) is 16.8 Å². The van der Waals surface area contributed by atoms with Crippen molar-refractivity contribution >= 4 is 77.9 Å². The normalized spacial score (nSPS) is 11.4. The van der Waals surface area contributed by atoms with Gasteiger partial charge in [0.1, 0.15) is 11.2 Å². The number of hydrogen-bond donors (Lipinski definition) is 0. The molecule has 58 heavy (non-hydrogen) atoms. The van der Waals surface area contributed by atoms with Gasteiger partial charge in [0.2, 0.25) is 0 Å². The van der Waals surface area contributed by atoms with E-state index in [9.17, 15) is 0 Å². The molecule has 0 aliphatic heterocycles. The number of furan rings is 1. The Labute approximate surface area is 336 Å². The molecule has 4 nitrogen and oxygen atoms in total. The molecular weight excluding hydrogens is 707 g/mol. The van der Waals surface area contributed by atoms with Gasteiger partial charge >= 0.3 is 0 Å². The Balaban J connectivity index is 1.03.